The molecule has 0 spiro atoms. The molecule has 0 aliphatic heterocycles. The van der Waals surface area contributed by atoms with E-state index in [0.717, 1.165) is 17.8 Å². The van der Waals surface area contributed by atoms with E-state index in [1.165, 1.54) is 9.75 Å². The number of thiophene rings is 1. The molecule has 1 heterocycles. The van der Waals surface area contributed by atoms with E-state index in [-0.39, 0.29) is 0 Å². The lowest BCUT2D eigenvalue weighted by atomic mass is 10.1. The molecule has 0 saturated heterocycles. The number of nitrogens with two attached hydrogens (primary N) is 1. The van der Waals surface area contributed by atoms with Crippen LogP contribution in [0.5, 0.6) is 0 Å². The fraction of sp³-hybridized carbons (Fsp3) is 0.286. The van der Waals surface area contributed by atoms with Crippen LogP contribution in [0.25, 0.3) is 0 Å². The summed E-state index contributed by atoms with van der Waals surface area (Å²) >= 11 is 1.84. The molecule has 0 fully saturated rings. The summed E-state index contributed by atoms with van der Waals surface area (Å²) in [6.45, 7) is 5.13. The maximum atomic E-state index is 5.91. The topological polar surface area (TPSA) is 38.0 Å². The van der Waals surface area contributed by atoms with Crippen LogP contribution in [0.4, 0.5) is 5.69 Å². The Morgan fingerprint density at radius 2 is 2.00 bits per heavy atom. The third-order valence-corrected chi connectivity index (χ3v) is 4.03. The summed E-state index contributed by atoms with van der Waals surface area (Å²) in [4.78, 5) is 2.73. The van der Waals surface area contributed by atoms with Gasteiger partial charge in [0.05, 0.1) is 0 Å². The van der Waals surface area contributed by atoms with Gasteiger partial charge in [0.1, 0.15) is 0 Å². The van der Waals surface area contributed by atoms with E-state index in [9.17, 15) is 0 Å². The van der Waals surface area contributed by atoms with E-state index in [1.807, 2.05) is 29.5 Å². The van der Waals surface area contributed by atoms with Crippen LogP contribution in [0.3, 0.4) is 0 Å². The normalized spacial score (nSPS) is 12.6. The van der Waals surface area contributed by atoms with E-state index in [0.29, 0.717) is 6.04 Å². The van der Waals surface area contributed by atoms with Crippen LogP contribution in [0.2, 0.25) is 0 Å². The quantitative estimate of drug-likeness (QED) is 0.810. The second kappa shape index (κ2) is 5.34. The van der Waals surface area contributed by atoms with Gasteiger partial charge in [-0.3, -0.25) is 0 Å². The van der Waals surface area contributed by atoms with Gasteiger partial charge in [-0.1, -0.05) is 18.2 Å². The van der Waals surface area contributed by atoms with Crippen molar-refractivity contribution in [3.05, 3.63) is 51.7 Å². The zero-order valence-corrected chi connectivity index (χ0v) is 11.1. The molecule has 1 atom stereocenters. The van der Waals surface area contributed by atoms with Gasteiger partial charge < -0.3 is 11.1 Å². The lowest BCUT2D eigenvalue weighted by Gasteiger charge is -2.13. The van der Waals surface area contributed by atoms with Crippen molar-refractivity contribution in [1.29, 1.82) is 0 Å². The molecule has 17 heavy (non-hydrogen) atoms. The number of benzene rings is 1. The molecule has 0 amide bonds. The molecule has 0 aliphatic rings. The summed E-state index contributed by atoms with van der Waals surface area (Å²) < 4.78 is 0. The Morgan fingerprint density at radius 3 is 2.65 bits per heavy atom. The second-order valence-corrected chi connectivity index (χ2v) is 5.57. The van der Waals surface area contributed by atoms with Crippen LogP contribution >= 0.6 is 11.3 Å². The number of hydrogen-bond donors (Lipinski definition) is 2. The van der Waals surface area contributed by atoms with Crippen LogP contribution in [0.1, 0.15) is 28.3 Å². The highest BCUT2D eigenvalue weighted by Crippen LogP contribution is 2.23. The molecule has 3 N–H and O–H groups in total. The number of hydrogen-bond acceptors (Lipinski definition) is 3. The van der Waals surface area contributed by atoms with Crippen LogP contribution in [-0.2, 0) is 6.54 Å². The number of nitrogen functional groups attached to an aromatic ring is 1. The Bertz CT molecular complexity index is 490. The maximum Gasteiger partial charge on any atom is 0.0388 e. The highest BCUT2D eigenvalue weighted by atomic mass is 32.1. The minimum atomic E-state index is 0.369. The zero-order chi connectivity index (χ0) is 12.3. The predicted molar refractivity (Wildman–Crippen MR) is 75.2 cm³/mol. The Hall–Kier alpha value is -1.32. The SMILES string of the molecule is Cc1ccc(C(C)NCc2ccccc2N)s1. The standard InChI is InChI=1S/C14H18N2S/c1-10-7-8-14(17-10)11(2)16-9-12-5-3-4-6-13(12)15/h3-8,11,16H,9,15H2,1-2H3. The molecule has 0 radical (unpaired) electrons. The highest BCUT2D eigenvalue weighted by molar-refractivity contribution is 7.12. The van der Waals surface area contributed by atoms with Gasteiger partial charge >= 0.3 is 0 Å². The molecule has 2 rings (SSSR count). The minimum absolute atomic E-state index is 0.369. The van der Waals surface area contributed by atoms with E-state index < -0.39 is 0 Å². The van der Waals surface area contributed by atoms with Gasteiger partial charge in [-0.15, -0.1) is 11.3 Å². The van der Waals surface area contributed by atoms with E-state index in [1.54, 1.807) is 0 Å². The molecule has 1 aromatic heterocycles. The highest BCUT2D eigenvalue weighted by Gasteiger charge is 2.07. The molecular formula is C14H18N2S. The summed E-state index contributed by atoms with van der Waals surface area (Å²) in [5, 5.41) is 3.50. The van der Waals surface area contributed by atoms with Crippen molar-refractivity contribution in [2.75, 3.05) is 5.73 Å². The average Bonchev–Trinajstić information content (AvgIpc) is 2.74. The van der Waals surface area contributed by atoms with E-state index >= 15 is 0 Å². The Balaban J connectivity index is 1.97. The molecule has 0 aliphatic carbocycles. The van der Waals surface area contributed by atoms with Gasteiger partial charge in [0, 0.05) is 28.0 Å². The Kier molecular flexibility index (Phi) is 3.82. The Labute approximate surface area is 106 Å². The molecule has 90 valence electrons. The molecule has 3 heteroatoms. The molecule has 2 nitrogen and oxygen atoms in total. The number of anilines is 1. The van der Waals surface area contributed by atoms with Crippen LogP contribution in [-0.4, -0.2) is 0 Å². The van der Waals surface area contributed by atoms with Crippen molar-refractivity contribution >= 4 is 17.0 Å². The van der Waals surface area contributed by atoms with Crippen LogP contribution in [0, 0.1) is 6.92 Å². The number of para-hydroxylation sites is 1. The first-order valence-electron chi connectivity index (χ1n) is 5.80. The Morgan fingerprint density at radius 1 is 1.24 bits per heavy atom. The summed E-state index contributed by atoms with van der Waals surface area (Å²) in [6.07, 6.45) is 0. The van der Waals surface area contributed by atoms with Crippen molar-refractivity contribution in [3.63, 3.8) is 0 Å². The third-order valence-electron chi connectivity index (χ3n) is 2.84. The monoisotopic (exact) mass is 246 g/mol. The fourth-order valence-electron chi connectivity index (χ4n) is 1.74. The number of rotatable bonds is 4. The summed E-state index contributed by atoms with van der Waals surface area (Å²) in [5.41, 5.74) is 7.93. The van der Waals surface area contributed by atoms with E-state index in [4.69, 9.17) is 5.73 Å². The molecule has 2 aromatic rings. The van der Waals surface area contributed by atoms with E-state index in [2.05, 4.69) is 37.4 Å². The molecular weight excluding hydrogens is 228 g/mol. The molecule has 0 bridgehead atoms. The summed E-state index contributed by atoms with van der Waals surface area (Å²) in [6, 6.07) is 12.7. The smallest absolute Gasteiger partial charge is 0.0388 e. The maximum absolute atomic E-state index is 5.91. The predicted octanol–water partition coefficient (Wildman–Crippen LogP) is 3.49. The summed E-state index contributed by atoms with van der Waals surface area (Å²) in [7, 11) is 0. The molecule has 0 saturated carbocycles. The summed E-state index contributed by atoms with van der Waals surface area (Å²) in [5.74, 6) is 0. The first-order valence-corrected chi connectivity index (χ1v) is 6.61. The van der Waals surface area contributed by atoms with Crippen LogP contribution in [0.15, 0.2) is 36.4 Å². The van der Waals surface area contributed by atoms with Crippen molar-refractivity contribution < 1.29 is 0 Å². The molecule has 1 unspecified atom stereocenters. The van der Waals surface area contributed by atoms with Crippen molar-refractivity contribution in [2.45, 2.75) is 26.4 Å². The van der Waals surface area contributed by atoms with Gasteiger partial charge in [-0.05, 0) is 37.6 Å². The fourth-order valence-corrected chi connectivity index (χ4v) is 2.65. The van der Waals surface area contributed by atoms with Gasteiger partial charge in [0.15, 0.2) is 0 Å². The molecule has 1 aromatic carbocycles. The lowest BCUT2D eigenvalue weighted by Crippen LogP contribution is -2.17. The first-order chi connectivity index (χ1) is 8.16. The van der Waals surface area contributed by atoms with Gasteiger partial charge in [0.2, 0.25) is 0 Å². The largest absolute Gasteiger partial charge is 0.398 e. The van der Waals surface area contributed by atoms with Gasteiger partial charge in [-0.2, -0.15) is 0 Å². The first kappa shape index (κ1) is 12.1. The van der Waals surface area contributed by atoms with Gasteiger partial charge in [0.25, 0.3) is 0 Å². The van der Waals surface area contributed by atoms with Gasteiger partial charge in [-0.25, -0.2) is 0 Å². The number of nitrogens with one attached hydrogen (secondary N) is 1. The van der Waals surface area contributed by atoms with Crippen molar-refractivity contribution in [3.8, 4) is 0 Å². The second-order valence-electron chi connectivity index (χ2n) is 4.25. The number of aryl methyl sites for hydroxylation is 1. The van der Waals surface area contributed by atoms with Crippen molar-refractivity contribution in [2.24, 2.45) is 0 Å². The zero-order valence-electron chi connectivity index (χ0n) is 10.2. The van der Waals surface area contributed by atoms with Crippen molar-refractivity contribution in [1.82, 2.24) is 5.32 Å². The lowest BCUT2D eigenvalue weighted by molar-refractivity contribution is 0.583. The average molecular weight is 246 g/mol. The minimum Gasteiger partial charge on any atom is -0.398 e. The third kappa shape index (κ3) is 3.08. The van der Waals surface area contributed by atoms with Crippen LogP contribution < -0.4 is 11.1 Å².